The van der Waals surface area contributed by atoms with Crippen molar-refractivity contribution < 1.29 is 43.3 Å². The fraction of sp³-hybridized carbons (Fsp3) is 0.414. The molecule has 0 saturated carbocycles. The van der Waals surface area contributed by atoms with Crippen molar-refractivity contribution in [3.8, 4) is 0 Å². The van der Waals surface area contributed by atoms with Crippen LogP contribution in [0.15, 0.2) is 60.7 Å². The molecule has 0 spiro atoms. The molecule has 1 aliphatic heterocycles. The van der Waals surface area contributed by atoms with Gasteiger partial charge in [0.1, 0.15) is 0 Å². The van der Waals surface area contributed by atoms with Crippen molar-refractivity contribution in [1.82, 2.24) is 10.2 Å². The van der Waals surface area contributed by atoms with Crippen LogP contribution in [0.4, 0.5) is 4.79 Å². The highest BCUT2D eigenvalue weighted by Gasteiger charge is 2.45. The third-order valence-corrected chi connectivity index (χ3v) is 6.52. The van der Waals surface area contributed by atoms with E-state index in [0.29, 0.717) is 19.5 Å². The van der Waals surface area contributed by atoms with Crippen LogP contribution in [0.1, 0.15) is 54.8 Å². The standard InChI is InChI=1S/C29H34N2O9/c1-18-15-16-30-17-21(29(2,3)4)31(18)28(37)40-27(36)23(39-26(35)20-13-9-6-10-14-20)22(24(32)33)38-25(34)19-11-7-5-8-12-19/h5-14,18,21-23,30H,15-17H2,1-4H3,(H,32,33)/t18-,21?,22+,23+/m1/s1. The SMILES string of the molecule is C[C@@H]1CCNCC(C(C)(C)C)N1C(=O)OC(=O)[C@@H](OC(=O)c1ccccc1)[C@H](OC(=O)c1ccccc1)C(=O)O. The molecule has 2 aromatic carbocycles. The van der Waals surface area contributed by atoms with Crippen molar-refractivity contribution in [1.29, 1.82) is 0 Å². The molecule has 1 saturated heterocycles. The minimum Gasteiger partial charge on any atom is -0.478 e. The van der Waals surface area contributed by atoms with E-state index in [-0.39, 0.29) is 23.2 Å². The maximum Gasteiger partial charge on any atom is 0.418 e. The van der Waals surface area contributed by atoms with Gasteiger partial charge in [-0.2, -0.15) is 0 Å². The highest BCUT2D eigenvalue weighted by molar-refractivity contribution is 5.97. The van der Waals surface area contributed by atoms with E-state index in [1.165, 1.54) is 41.3 Å². The van der Waals surface area contributed by atoms with Crippen LogP contribution in [0.25, 0.3) is 0 Å². The van der Waals surface area contributed by atoms with E-state index in [1.54, 1.807) is 24.3 Å². The predicted octanol–water partition coefficient (Wildman–Crippen LogP) is 3.28. The molecule has 0 aromatic heterocycles. The molecule has 1 unspecified atom stereocenters. The van der Waals surface area contributed by atoms with Gasteiger partial charge in [-0.25, -0.2) is 24.0 Å². The largest absolute Gasteiger partial charge is 0.478 e. The van der Waals surface area contributed by atoms with Crippen LogP contribution in [-0.2, 0) is 23.8 Å². The lowest BCUT2D eigenvalue weighted by molar-refractivity contribution is -0.167. The number of amides is 1. The summed E-state index contributed by atoms with van der Waals surface area (Å²) in [5.41, 5.74) is -0.392. The lowest BCUT2D eigenvalue weighted by Gasteiger charge is -2.40. The summed E-state index contributed by atoms with van der Waals surface area (Å²) in [6, 6.07) is 14.3. The highest BCUT2D eigenvalue weighted by Crippen LogP contribution is 2.29. The van der Waals surface area contributed by atoms with Crippen LogP contribution < -0.4 is 5.32 Å². The number of carbonyl (C=O) groups is 5. The number of carboxylic acids is 1. The van der Waals surface area contributed by atoms with E-state index in [0.717, 1.165) is 0 Å². The Bertz CT molecular complexity index is 1210. The van der Waals surface area contributed by atoms with Gasteiger partial charge in [0, 0.05) is 12.6 Å². The molecule has 2 aromatic rings. The number of carbonyl (C=O) groups excluding carboxylic acids is 4. The van der Waals surface area contributed by atoms with E-state index < -0.39 is 47.6 Å². The fourth-order valence-corrected chi connectivity index (χ4v) is 4.31. The maximum atomic E-state index is 13.4. The molecule has 0 radical (unpaired) electrons. The molecule has 4 atom stereocenters. The molecule has 11 heteroatoms. The number of aliphatic carboxylic acids is 1. The van der Waals surface area contributed by atoms with Crippen LogP contribution in [0, 0.1) is 5.41 Å². The minimum atomic E-state index is -2.30. The van der Waals surface area contributed by atoms with Gasteiger partial charge in [0.15, 0.2) is 0 Å². The van der Waals surface area contributed by atoms with Gasteiger partial charge in [-0.15, -0.1) is 0 Å². The van der Waals surface area contributed by atoms with Crippen LogP contribution in [0.5, 0.6) is 0 Å². The second kappa shape index (κ2) is 13.2. The first-order valence-corrected chi connectivity index (χ1v) is 12.9. The van der Waals surface area contributed by atoms with Gasteiger partial charge in [0.2, 0.25) is 12.2 Å². The molecule has 0 bridgehead atoms. The summed E-state index contributed by atoms with van der Waals surface area (Å²) in [4.78, 5) is 65.9. The van der Waals surface area contributed by atoms with Gasteiger partial charge < -0.3 is 29.5 Å². The predicted molar refractivity (Wildman–Crippen MR) is 142 cm³/mol. The van der Waals surface area contributed by atoms with Crippen molar-refractivity contribution in [2.24, 2.45) is 5.41 Å². The molecule has 1 amide bonds. The lowest BCUT2D eigenvalue weighted by atomic mass is 9.85. The normalized spacial score (nSPS) is 18.9. The number of hydrogen-bond acceptors (Lipinski definition) is 9. The Kier molecular flexibility index (Phi) is 10.0. The Labute approximate surface area is 232 Å². The average Bonchev–Trinajstić information content (AvgIpc) is 3.12. The monoisotopic (exact) mass is 554 g/mol. The summed E-state index contributed by atoms with van der Waals surface area (Å²) >= 11 is 0. The second-order valence-electron chi connectivity index (χ2n) is 10.5. The van der Waals surface area contributed by atoms with E-state index in [9.17, 15) is 29.1 Å². The fourth-order valence-electron chi connectivity index (χ4n) is 4.31. The molecule has 1 heterocycles. The van der Waals surface area contributed by atoms with E-state index >= 15 is 0 Å². The molecule has 1 fully saturated rings. The number of ether oxygens (including phenoxy) is 3. The summed E-state index contributed by atoms with van der Waals surface area (Å²) < 4.78 is 15.5. The van der Waals surface area contributed by atoms with Crippen LogP contribution >= 0.6 is 0 Å². The topological polar surface area (TPSA) is 149 Å². The number of nitrogens with one attached hydrogen (secondary N) is 1. The Morgan fingerprint density at radius 2 is 1.38 bits per heavy atom. The zero-order chi connectivity index (χ0) is 29.4. The van der Waals surface area contributed by atoms with E-state index in [4.69, 9.17) is 14.2 Å². The van der Waals surface area contributed by atoms with Gasteiger partial charge >= 0.3 is 30.0 Å². The molecule has 2 N–H and O–H groups in total. The molecular weight excluding hydrogens is 520 g/mol. The first-order chi connectivity index (χ1) is 18.9. The Balaban J connectivity index is 1.92. The number of rotatable bonds is 7. The Hall–Kier alpha value is -4.25. The molecule has 3 rings (SSSR count). The molecule has 40 heavy (non-hydrogen) atoms. The van der Waals surface area contributed by atoms with Gasteiger partial charge in [-0.05, 0) is 49.6 Å². The van der Waals surface area contributed by atoms with Crippen molar-refractivity contribution in [3.05, 3.63) is 71.8 Å². The molecular formula is C29H34N2O9. The smallest absolute Gasteiger partial charge is 0.418 e. The van der Waals surface area contributed by atoms with Gasteiger partial charge in [-0.1, -0.05) is 57.2 Å². The Morgan fingerprint density at radius 3 is 1.85 bits per heavy atom. The quantitative estimate of drug-likeness (QED) is 0.297. The number of carboxylic acid groups (broad SMARTS) is 1. The van der Waals surface area contributed by atoms with Crippen molar-refractivity contribution >= 4 is 30.0 Å². The maximum absolute atomic E-state index is 13.4. The van der Waals surface area contributed by atoms with Gasteiger partial charge in [0.25, 0.3) is 0 Å². The summed E-state index contributed by atoms with van der Waals surface area (Å²) in [6.45, 7) is 8.70. The van der Waals surface area contributed by atoms with Crippen LogP contribution in [0.3, 0.4) is 0 Å². The minimum absolute atomic E-state index is 0.00478. The molecule has 11 nitrogen and oxygen atoms in total. The first kappa shape index (κ1) is 30.3. The Morgan fingerprint density at radius 1 is 0.875 bits per heavy atom. The lowest BCUT2D eigenvalue weighted by Crippen LogP contribution is -2.55. The first-order valence-electron chi connectivity index (χ1n) is 12.9. The molecule has 214 valence electrons. The number of hydrogen-bond donors (Lipinski definition) is 2. The van der Waals surface area contributed by atoms with E-state index in [2.05, 4.69) is 5.32 Å². The average molecular weight is 555 g/mol. The third kappa shape index (κ3) is 7.66. The summed E-state index contributed by atoms with van der Waals surface area (Å²) in [5, 5.41) is 13.2. The van der Waals surface area contributed by atoms with Crippen molar-refractivity contribution in [3.63, 3.8) is 0 Å². The third-order valence-electron chi connectivity index (χ3n) is 6.52. The number of esters is 3. The second-order valence-corrected chi connectivity index (χ2v) is 10.5. The highest BCUT2D eigenvalue weighted by atomic mass is 16.6. The van der Waals surface area contributed by atoms with Crippen LogP contribution in [0.2, 0.25) is 0 Å². The molecule has 0 aliphatic carbocycles. The summed E-state index contributed by atoms with van der Waals surface area (Å²) in [5.74, 6) is -5.41. The van der Waals surface area contributed by atoms with Gasteiger partial charge in [-0.3, -0.25) is 0 Å². The number of nitrogens with zero attached hydrogens (tertiary/aromatic N) is 1. The van der Waals surface area contributed by atoms with Crippen molar-refractivity contribution in [2.45, 2.75) is 58.4 Å². The van der Waals surface area contributed by atoms with Crippen molar-refractivity contribution in [2.75, 3.05) is 13.1 Å². The van der Waals surface area contributed by atoms with Gasteiger partial charge in [0.05, 0.1) is 17.2 Å². The van der Waals surface area contributed by atoms with E-state index in [1.807, 2.05) is 27.7 Å². The summed E-state index contributed by atoms with van der Waals surface area (Å²) in [7, 11) is 0. The molecule has 1 aliphatic rings. The summed E-state index contributed by atoms with van der Waals surface area (Å²) in [6.07, 6.45) is -5.03. The number of benzene rings is 2. The zero-order valence-corrected chi connectivity index (χ0v) is 22.9. The zero-order valence-electron chi connectivity index (χ0n) is 22.9. The van der Waals surface area contributed by atoms with Crippen LogP contribution in [-0.4, -0.2) is 77.4 Å².